The number of nitrogens with zero attached hydrogens (tertiary/aromatic N) is 1. The zero-order valence-corrected chi connectivity index (χ0v) is 8.63. The lowest BCUT2D eigenvalue weighted by molar-refractivity contribution is -0.106. The summed E-state index contributed by atoms with van der Waals surface area (Å²) in [6.45, 7) is 3.67. The van der Waals surface area contributed by atoms with Crippen LogP contribution in [0.15, 0.2) is 37.0 Å². The number of primary amides is 1. The average Bonchev–Trinajstić information content (AvgIpc) is 2.29. The number of carbonyl (C=O) groups excluding carboxylic acids is 1. The van der Waals surface area contributed by atoms with Gasteiger partial charge in [-0.1, -0.05) is 18.7 Å². The maximum atomic E-state index is 9.37. The summed E-state index contributed by atoms with van der Waals surface area (Å²) in [5.74, 6) is 0.246. The highest BCUT2D eigenvalue weighted by Crippen LogP contribution is 2.23. The van der Waals surface area contributed by atoms with Gasteiger partial charge in [0, 0.05) is 17.1 Å². The topological polar surface area (TPSA) is 76.2 Å². The molecule has 2 rings (SSSR count). The summed E-state index contributed by atoms with van der Waals surface area (Å²) >= 11 is 0. The highest BCUT2D eigenvalue weighted by Gasteiger charge is 2.00. The molecule has 0 saturated heterocycles. The number of fused-ring (bicyclic) bond motifs is 1. The molecule has 1 aromatic heterocycles. The number of hydrogen-bond donors (Lipinski definition) is 2. The number of nitrogens with two attached hydrogens (primary N) is 1. The van der Waals surface area contributed by atoms with Gasteiger partial charge in [0.15, 0.2) is 0 Å². The number of hydrogen-bond acceptors (Lipinski definition) is 3. The maximum absolute atomic E-state index is 9.37. The molecule has 0 bridgehead atoms. The third-order valence-electron chi connectivity index (χ3n) is 1.94. The minimum absolute atomic E-state index is 0.246. The fourth-order valence-electron chi connectivity index (χ4n) is 1.36. The molecule has 1 heterocycles. The van der Waals surface area contributed by atoms with Crippen molar-refractivity contribution < 1.29 is 9.90 Å². The van der Waals surface area contributed by atoms with Crippen molar-refractivity contribution in [3.8, 4) is 5.75 Å². The van der Waals surface area contributed by atoms with Crippen molar-refractivity contribution in [2.24, 2.45) is 5.73 Å². The largest absolute Gasteiger partial charge is 0.508 e. The molecule has 16 heavy (non-hydrogen) atoms. The molecule has 0 aliphatic rings. The minimum Gasteiger partial charge on any atom is -0.508 e. The van der Waals surface area contributed by atoms with E-state index in [1.54, 1.807) is 24.4 Å². The van der Waals surface area contributed by atoms with Crippen molar-refractivity contribution in [1.29, 1.82) is 0 Å². The molecular formula is C12H12N2O2. The summed E-state index contributed by atoms with van der Waals surface area (Å²) in [6, 6.07) is 7.10. The molecule has 0 saturated carbocycles. The van der Waals surface area contributed by atoms with Crippen LogP contribution in [0.4, 0.5) is 0 Å². The van der Waals surface area contributed by atoms with Crippen molar-refractivity contribution in [3.05, 3.63) is 42.6 Å². The number of amides is 1. The summed E-state index contributed by atoms with van der Waals surface area (Å²) in [5, 5.41) is 10.3. The van der Waals surface area contributed by atoms with Gasteiger partial charge in [-0.2, -0.15) is 0 Å². The van der Waals surface area contributed by atoms with Gasteiger partial charge in [-0.3, -0.25) is 9.78 Å². The number of rotatable bonds is 1. The number of phenols is 1. The Kier molecular flexibility index (Phi) is 4.03. The van der Waals surface area contributed by atoms with Gasteiger partial charge < -0.3 is 10.8 Å². The predicted molar refractivity (Wildman–Crippen MR) is 63.8 cm³/mol. The van der Waals surface area contributed by atoms with Crippen LogP contribution in [0.2, 0.25) is 0 Å². The van der Waals surface area contributed by atoms with Crippen molar-refractivity contribution in [2.45, 2.75) is 0 Å². The van der Waals surface area contributed by atoms with E-state index in [1.807, 2.05) is 12.1 Å². The predicted octanol–water partition coefficient (Wildman–Crippen LogP) is 1.68. The molecule has 2 aromatic rings. The van der Waals surface area contributed by atoms with Crippen LogP contribution in [0.5, 0.6) is 5.75 Å². The Morgan fingerprint density at radius 1 is 1.44 bits per heavy atom. The average molecular weight is 216 g/mol. The third kappa shape index (κ3) is 2.57. The molecule has 3 N–H and O–H groups in total. The van der Waals surface area contributed by atoms with Gasteiger partial charge in [-0.25, -0.2) is 0 Å². The van der Waals surface area contributed by atoms with Gasteiger partial charge in [-0.05, 0) is 18.2 Å². The molecule has 0 atom stereocenters. The molecule has 82 valence electrons. The van der Waals surface area contributed by atoms with Crippen LogP contribution in [0.1, 0.15) is 5.56 Å². The lowest BCUT2D eigenvalue weighted by Crippen LogP contribution is -1.82. The fourth-order valence-corrected chi connectivity index (χ4v) is 1.36. The van der Waals surface area contributed by atoms with E-state index in [1.165, 1.54) is 0 Å². The van der Waals surface area contributed by atoms with Crippen molar-refractivity contribution in [1.82, 2.24) is 4.98 Å². The number of pyridine rings is 1. The first-order chi connectivity index (χ1) is 7.72. The smallest absolute Gasteiger partial charge is 0.204 e. The van der Waals surface area contributed by atoms with E-state index >= 15 is 0 Å². The summed E-state index contributed by atoms with van der Waals surface area (Å²) < 4.78 is 0. The van der Waals surface area contributed by atoms with E-state index in [2.05, 4.69) is 17.3 Å². The molecule has 4 nitrogen and oxygen atoms in total. The number of phenolic OH excluding ortho intramolecular Hbond substituents is 1. The molecular weight excluding hydrogens is 204 g/mol. The van der Waals surface area contributed by atoms with Crippen LogP contribution in [-0.2, 0) is 4.79 Å². The standard InChI is InChI=1S/C11H9NO.CH3NO/c1-2-8-6-10(13)7-9-4-3-5-12-11(8)9;2-1-3/h2-7,13H,1H2;1H,(H2,2,3). The molecule has 4 heteroatoms. The molecule has 0 fully saturated rings. The summed E-state index contributed by atoms with van der Waals surface area (Å²) in [6.07, 6.45) is 3.67. The Labute approximate surface area is 93.0 Å². The number of carbonyl (C=O) groups is 1. The molecule has 1 amide bonds. The Morgan fingerprint density at radius 3 is 2.75 bits per heavy atom. The Hall–Kier alpha value is -2.36. The van der Waals surface area contributed by atoms with Crippen LogP contribution >= 0.6 is 0 Å². The second-order valence-electron chi connectivity index (χ2n) is 2.95. The van der Waals surface area contributed by atoms with Gasteiger partial charge in [-0.15, -0.1) is 0 Å². The Bertz CT molecular complexity index is 509. The van der Waals surface area contributed by atoms with E-state index in [4.69, 9.17) is 4.79 Å². The van der Waals surface area contributed by atoms with Gasteiger partial charge in [0.2, 0.25) is 6.41 Å². The lowest BCUT2D eigenvalue weighted by Gasteiger charge is -2.01. The van der Waals surface area contributed by atoms with Gasteiger partial charge in [0.1, 0.15) is 5.75 Å². The second-order valence-corrected chi connectivity index (χ2v) is 2.95. The number of aromatic nitrogens is 1. The van der Waals surface area contributed by atoms with Crippen LogP contribution in [0.25, 0.3) is 17.0 Å². The van der Waals surface area contributed by atoms with E-state index in [0.717, 1.165) is 16.5 Å². The highest BCUT2D eigenvalue weighted by molar-refractivity contribution is 5.88. The lowest BCUT2D eigenvalue weighted by atomic mass is 10.1. The normalized spacial score (nSPS) is 9.00. The molecule has 0 radical (unpaired) electrons. The minimum atomic E-state index is 0.246. The van der Waals surface area contributed by atoms with Gasteiger partial charge >= 0.3 is 0 Å². The van der Waals surface area contributed by atoms with Gasteiger partial charge in [0.05, 0.1) is 5.52 Å². The van der Waals surface area contributed by atoms with Crippen molar-refractivity contribution >= 4 is 23.4 Å². The zero-order valence-electron chi connectivity index (χ0n) is 8.63. The summed E-state index contributed by atoms with van der Waals surface area (Å²) in [5.41, 5.74) is 5.89. The Morgan fingerprint density at radius 2 is 2.12 bits per heavy atom. The van der Waals surface area contributed by atoms with E-state index < -0.39 is 0 Å². The summed E-state index contributed by atoms with van der Waals surface area (Å²) in [7, 11) is 0. The van der Waals surface area contributed by atoms with Crippen molar-refractivity contribution in [2.75, 3.05) is 0 Å². The summed E-state index contributed by atoms with van der Waals surface area (Å²) in [4.78, 5) is 12.8. The molecule has 1 aromatic carbocycles. The van der Waals surface area contributed by atoms with Crippen LogP contribution < -0.4 is 5.73 Å². The SMILES string of the molecule is C=Cc1cc(O)cc2cccnc12.NC=O. The van der Waals surface area contributed by atoms with Crippen molar-refractivity contribution in [3.63, 3.8) is 0 Å². The Balaban J connectivity index is 0.000000386. The number of benzene rings is 1. The van der Waals surface area contributed by atoms with Crippen LogP contribution in [-0.4, -0.2) is 16.5 Å². The van der Waals surface area contributed by atoms with E-state index in [0.29, 0.717) is 0 Å². The quantitative estimate of drug-likeness (QED) is 0.712. The van der Waals surface area contributed by atoms with Crippen LogP contribution in [0, 0.1) is 0 Å². The fraction of sp³-hybridized carbons (Fsp3) is 0. The third-order valence-corrected chi connectivity index (χ3v) is 1.94. The first kappa shape index (κ1) is 11.7. The van der Waals surface area contributed by atoms with Gasteiger partial charge in [0.25, 0.3) is 0 Å². The first-order valence-corrected chi connectivity index (χ1v) is 4.58. The molecule has 0 spiro atoms. The monoisotopic (exact) mass is 216 g/mol. The highest BCUT2D eigenvalue weighted by atomic mass is 16.3. The first-order valence-electron chi connectivity index (χ1n) is 4.58. The second kappa shape index (κ2) is 5.50. The van der Waals surface area contributed by atoms with Crippen LogP contribution in [0.3, 0.4) is 0 Å². The van der Waals surface area contributed by atoms with E-state index in [-0.39, 0.29) is 12.2 Å². The molecule has 0 aliphatic carbocycles. The van der Waals surface area contributed by atoms with E-state index in [9.17, 15) is 5.11 Å². The molecule has 0 unspecified atom stereocenters. The maximum Gasteiger partial charge on any atom is 0.204 e. The number of aromatic hydroxyl groups is 1. The zero-order chi connectivity index (χ0) is 12.0. The molecule has 0 aliphatic heterocycles.